The second-order valence-corrected chi connectivity index (χ2v) is 5.04. The predicted octanol–water partition coefficient (Wildman–Crippen LogP) is 2.48. The van der Waals surface area contributed by atoms with Crippen LogP contribution in [0.3, 0.4) is 0 Å². The van der Waals surface area contributed by atoms with E-state index in [-0.39, 0.29) is 0 Å². The second kappa shape index (κ2) is 4.13. The Balaban J connectivity index is 1.88. The molecule has 2 fully saturated rings. The van der Waals surface area contributed by atoms with Crippen molar-refractivity contribution in [2.45, 2.75) is 51.0 Å². The standard InChI is InChI=1S/C13H19N3/c1-9-15-12(10-4-2-5-10)8-13(16-9)11-6-3-7-14-11/h8,10-11,14H,2-7H2,1H3. The topological polar surface area (TPSA) is 37.8 Å². The molecule has 1 aromatic rings. The lowest BCUT2D eigenvalue weighted by atomic mass is 9.82. The molecule has 1 N–H and O–H groups in total. The Morgan fingerprint density at radius 3 is 2.56 bits per heavy atom. The minimum Gasteiger partial charge on any atom is -0.309 e. The lowest BCUT2D eigenvalue weighted by molar-refractivity contribution is 0.408. The summed E-state index contributed by atoms with van der Waals surface area (Å²) in [6.07, 6.45) is 6.49. The molecule has 1 atom stereocenters. The number of hydrogen-bond donors (Lipinski definition) is 1. The summed E-state index contributed by atoms with van der Waals surface area (Å²) in [5.41, 5.74) is 2.49. The summed E-state index contributed by atoms with van der Waals surface area (Å²) < 4.78 is 0. The second-order valence-electron chi connectivity index (χ2n) is 5.04. The van der Waals surface area contributed by atoms with E-state index in [2.05, 4.69) is 21.4 Å². The Kier molecular flexibility index (Phi) is 2.64. The first kappa shape index (κ1) is 10.2. The molecule has 3 nitrogen and oxygen atoms in total. The van der Waals surface area contributed by atoms with E-state index in [1.165, 1.54) is 43.5 Å². The van der Waals surface area contributed by atoms with E-state index in [1.54, 1.807) is 0 Å². The summed E-state index contributed by atoms with van der Waals surface area (Å²) >= 11 is 0. The van der Waals surface area contributed by atoms with Crippen LogP contribution in [0.15, 0.2) is 6.07 Å². The van der Waals surface area contributed by atoms with E-state index < -0.39 is 0 Å². The molecule has 0 bridgehead atoms. The van der Waals surface area contributed by atoms with Gasteiger partial charge in [-0.05, 0) is 45.2 Å². The highest BCUT2D eigenvalue weighted by molar-refractivity contribution is 5.20. The highest BCUT2D eigenvalue weighted by atomic mass is 15.0. The van der Waals surface area contributed by atoms with Gasteiger partial charge in [0.05, 0.1) is 5.69 Å². The zero-order valence-electron chi connectivity index (χ0n) is 9.87. The lowest BCUT2D eigenvalue weighted by Crippen LogP contribution is -2.18. The van der Waals surface area contributed by atoms with E-state index in [1.807, 2.05) is 6.92 Å². The van der Waals surface area contributed by atoms with E-state index in [0.29, 0.717) is 12.0 Å². The molecule has 2 aliphatic rings. The molecule has 1 unspecified atom stereocenters. The number of aromatic nitrogens is 2. The third-order valence-electron chi connectivity index (χ3n) is 3.82. The summed E-state index contributed by atoms with van der Waals surface area (Å²) in [6.45, 7) is 3.15. The highest BCUT2D eigenvalue weighted by Crippen LogP contribution is 2.36. The molecule has 16 heavy (non-hydrogen) atoms. The lowest BCUT2D eigenvalue weighted by Gasteiger charge is -2.25. The van der Waals surface area contributed by atoms with Crippen molar-refractivity contribution >= 4 is 0 Å². The van der Waals surface area contributed by atoms with Gasteiger partial charge in [-0.2, -0.15) is 0 Å². The maximum Gasteiger partial charge on any atom is 0.125 e. The fourth-order valence-corrected chi connectivity index (χ4v) is 2.64. The van der Waals surface area contributed by atoms with Crippen LogP contribution in [0.4, 0.5) is 0 Å². The SMILES string of the molecule is Cc1nc(C2CCC2)cc(C2CCCN2)n1. The molecule has 1 aromatic heterocycles. The van der Waals surface area contributed by atoms with Gasteiger partial charge in [0.1, 0.15) is 5.82 Å². The number of nitrogens with zero attached hydrogens (tertiary/aromatic N) is 2. The largest absolute Gasteiger partial charge is 0.309 e. The van der Waals surface area contributed by atoms with E-state index >= 15 is 0 Å². The van der Waals surface area contributed by atoms with Gasteiger partial charge in [-0.1, -0.05) is 6.42 Å². The minimum absolute atomic E-state index is 0.473. The average Bonchev–Trinajstić information content (AvgIpc) is 2.66. The molecule has 0 amide bonds. The Bertz CT molecular complexity index is 379. The molecular formula is C13H19N3. The molecule has 1 saturated carbocycles. The summed E-state index contributed by atoms with van der Waals surface area (Å²) in [7, 11) is 0. The van der Waals surface area contributed by atoms with Crippen molar-refractivity contribution in [3.8, 4) is 0 Å². The molecule has 3 heteroatoms. The fraction of sp³-hybridized carbons (Fsp3) is 0.692. The van der Waals surface area contributed by atoms with Crippen LogP contribution < -0.4 is 5.32 Å². The van der Waals surface area contributed by atoms with Gasteiger partial charge < -0.3 is 5.32 Å². The molecular weight excluding hydrogens is 198 g/mol. The van der Waals surface area contributed by atoms with E-state index in [9.17, 15) is 0 Å². The van der Waals surface area contributed by atoms with Crippen molar-refractivity contribution in [3.05, 3.63) is 23.3 Å². The molecule has 1 saturated heterocycles. The Hall–Kier alpha value is -0.960. The van der Waals surface area contributed by atoms with Crippen LogP contribution in [0.25, 0.3) is 0 Å². The highest BCUT2D eigenvalue weighted by Gasteiger charge is 2.24. The smallest absolute Gasteiger partial charge is 0.125 e. The van der Waals surface area contributed by atoms with Crippen molar-refractivity contribution < 1.29 is 0 Å². The zero-order chi connectivity index (χ0) is 11.0. The quantitative estimate of drug-likeness (QED) is 0.827. The van der Waals surface area contributed by atoms with Crippen LogP contribution in [0.5, 0.6) is 0 Å². The van der Waals surface area contributed by atoms with Crippen molar-refractivity contribution in [1.82, 2.24) is 15.3 Å². The van der Waals surface area contributed by atoms with E-state index in [4.69, 9.17) is 0 Å². The van der Waals surface area contributed by atoms with Crippen LogP contribution in [-0.2, 0) is 0 Å². The molecule has 1 aliphatic heterocycles. The average molecular weight is 217 g/mol. The summed E-state index contributed by atoms with van der Waals surface area (Å²) in [5.74, 6) is 1.65. The van der Waals surface area contributed by atoms with Gasteiger partial charge in [0.15, 0.2) is 0 Å². The summed E-state index contributed by atoms with van der Waals surface area (Å²) in [6, 6.07) is 2.71. The maximum absolute atomic E-state index is 4.59. The maximum atomic E-state index is 4.59. The fourth-order valence-electron chi connectivity index (χ4n) is 2.64. The Labute approximate surface area is 96.7 Å². The molecule has 0 spiro atoms. The molecule has 0 aromatic carbocycles. The normalized spacial score (nSPS) is 25.7. The van der Waals surface area contributed by atoms with Gasteiger partial charge >= 0.3 is 0 Å². The van der Waals surface area contributed by atoms with Crippen LogP contribution in [0, 0.1) is 6.92 Å². The van der Waals surface area contributed by atoms with Gasteiger partial charge in [-0.3, -0.25) is 0 Å². The van der Waals surface area contributed by atoms with Crippen LogP contribution in [0.2, 0.25) is 0 Å². The number of rotatable bonds is 2. The molecule has 0 radical (unpaired) electrons. The number of nitrogens with one attached hydrogen (secondary N) is 1. The van der Waals surface area contributed by atoms with Crippen molar-refractivity contribution in [3.63, 3.8) is 0 Å². The van der Waals surface area contributed by atoms with Gasteiger partial charge in [0.2, 0.25) is 0 Å². The van der Waals surface area contributed by atoms with Gasteiger partial charge in [0, 0.05) is 17.7 Å². The Morgan fingerprint density at radius 1 is 1.12 bits per heavy atom. The number of hydrogen-bond acceptors (Lipinski definition) is 3. The third-order valence-corrected chi connectivity index (χ3v) is 3.82. The van der Waals surface area contributed by atoms with Gasteiger partial charge in [0.25, 0.3) is 0 Å². The molecule has 1 aliphatic carbocycles. The Morgan fingerprint density at radius 2 is 1.94 bits per heavy atom. The van der Waals surface area contributed by atoms with Crippen molar-refractivity contribution in [1.29, 1.82) is 0 Å². The zero-order valence-corrected chi connectivity index (χ0v) is 9.87. The van der Waals surface area contributed by atoms with Crippen molar-refractivity contribution in [2.24, 2.45) is 0 Å². The summed E-state index contributed by atoms with van der Waals surface area (Å²) in [5, 5.41) is 3.51. The van der Waals surface area contributed by atoms with Gasteiger partial charge in [-0.25, -0.2) is 9.97 Å². The van der Waals surface area contributed by atoms with Crippen molar-refractivity contribution in [2.75, 3.05) is 6.54 Å². The molecule has 86 valence electrons. The monoisotopic (exact) mass is 217 g/mol. The third kappa shape index (κ3) is 1.84. The van der Waals surface area contributed by atoms with Gasteiger partial charge in [-0.15, -0.1) is 0 Å². The van der Waals surface area contributed by atoms with Crippen LogP contribution in [0.1, 0.15) is 61.3 Å². The number of aryl methyl sites for hydroxylation is 1. The van der Waals surface area contributed by atoms with E-state index in [0.717, 1.165) is 12.4 Å². The molecule has 2 heterocycles. The first-order valence-electron chi connectivity index (χ1n) is 6.42. The molecule has 3 rings (SSSR count). The first-order valence-corrected chi connectivity index (χ1v) is 6.42. The predicted molar refractivity (Wildman–Crippen MR) is 63.3 cm³/mol. The summed E-state index contributed by atoms with van der Waals surface area (Å²) in [4.78, 5) is 9.17. The first-order chi connectivity index (χ1) is 7.83. The van der Waals surface area contributed by atoms with Crippen LogP contribution in [-0.4, -0.2) is 16.5 Å². The van der Waals surface area contributed by atoms with Crippen LogP contribution >= 0.6 is 0 Å². The minimum atomic E-state index is 0.473.